The van der Waals surface area contributed by atoms with Gasteiger partial charge in [-0.1, -0.05) is 56.0 Å². The van der Waals surface area contributed by atoms with Crippen LogP contribution in [-0.2, 0) is 26.2 Å². The molecule has 0 radical (unpaired) electrons. The van der Waals surface area contributed by atoms with Crippen LogP contribution in [0.4, 0.5) is 10.1 Å². The van der Waals surface area contributed by atoms with Crippen molar-refractivity contribution in [1.82, 2.24) is 10.2 Å². The molecule has 0 spiro atoms. The van der Waals surface area contributed by atoms with Gasteiger partial charge in [0.05, 0.1) is 17.2 Å². The topological polar surface area (TPSA) is 96.0 Å². The van der Waals surface area contributed by atoms with Crippen molar-refractivity contribution < 1.29 is 27.1 Å². The average Bonchev–Trinajstić information content (AvgIpc) is 3.02. The molecule has 0 heterocycles. The smallest absolute Gasteiger partial charge is 0.264 e. The van der Waals surface area contributed by atoms with Crippen molar-refractivity contribution in [3.8, 4) is 5.75 Å². The number of halogens is 1. The number of rotatable bonds is 13. The molecular formula is C34H42FN3O5S. The largest absolute Gasteiger partial charge is 0.494 e. The highest BCUT2D eigenvalue weighted by Crippen LogP contribution is 2.27. The molecule has 0 bridgehead atoms. The van der Waals surface area contributed by atoms with Crippen molar-refractivity contribution in [3.05, 3.63) is 89.7 Å². The van der Waals surface area contributed by atoms with E-state index in [4.69, 9.17) is 4.74 Å². The Morgan fingerprint density at radius 2 is 1.57 bits per heavy atom. The Labute approximate surface area is 260 Å². The van der Waals surface area contributed by atoms with Crippen LogP contribution in [0.15, 0.2) is 77.7 Å². The van der Waals surface area contributed by atoms with Gasteiger partial charge in [0.15, 0.2) is 0 Å². The van der Waals surface area contributed by atoms with Crippen LogP contribution in [0.1, 0.15) is 63.5 Å². The van der Waals surface area contributed by atoms with Crippen molar-refractivity contribution in [1.29, 1.82) is 0 Å². The van der Waals surface area contributed by atoms with E-state index in [1.807, 2.05) is 45.0 Å². The first kappa shape index (κ1) is 33.0. The van der Waals surface area contributed by atoms with Crippen LogP contribution in [0.5, 0.6) is 5.75 Å². The van der Waals surface area contributed by atoms with Gasteiger partial charge in [-0.3, -0.25) is 13.9 Å². The van der Waals surface area contributed by atoms with Crippen LogP contribution >= 0.6 is 0 Å². The van der Waals surface area contributed by atoms with Gasteiger partial charge in [-0.25, -0.2) is 12.8 Å². The molecular weight excluding hydrogens is 581 g/mol. The Hall–Kier alpha value is -3.92. The average molecular weight is 624 g/mol. The highest BCUT2D eigenvalue weighted by molar-refractivity contribution is 7.92. The molecule has 1 aliphatic rings. The lowest BCUT2D eigenvalue weighted by molar-refractivity contribution is -0.140. The van der Waals surface area contributed by atoms with Crippen molar-refractivity contribution in [3.63, 3.8) is 0 Å². The molecule has 4 rings (SSSR count). The van der Waals surface area contributed by atoms with E-state index in [0.29, 0.717) is 18.8 Å². The number of aryl methyl sites for hydroxylation is 1. The van der Waals surface area contributed by atoms with Gasteiger partial charge in [0, 0.05) is 12.6 Å². The summed E-state index contributed by atoms with van der Waals surface area (Å²) in [7, 11) is -4.27. The number of anilines is 1. The summed E-state index contributed by atoms with van der Waals surface area (Å²) in [6, 6.07) is 17.8. The van der Waals surface area contributed by atoms with Gasteiger partial charge in [-0.05, 0) is 87.2 Å². The second-order valence-electron chi connectivity index (χ2n) is 11.2. The van der Waals surface area contributed by atoms with Crippen molar-refractivity contribution in [2.75, 3.05) is 17.5 Å². The number of nitrogens with zero attached hydrogens (tertiary/aromatic N) is 2. The number of hydrogen-bond acceptors (Lipinski definition) is 5. The second-order valence-corrected chi connectivity index (χ2v) is 13.0. The minimum atomic E-state index is -4.27. The third-order valence-electron chi connectivity index (χ3n) is 7.93. The Morgan fingerprint density at radius 1 is 0.932 bits per heavy atom. The number of amides is 2. The van der Waals surface area contributed by atoms with Gasteiger partial charge in [0.1, 0.15) is 24.2 Å². The van der Waals surface area contributed by atoms with Crippen molar-refractivity contribution in [2.45, 2.75) is 82.8 Å². The number of benzene rings is 3. The summed E-state index contributed by atoms with van der Waals surface area (Å²) in [5.41, 5.74) is 2.00. The molecule has 1 saturated carbocycles. The minimum Gasteiger partial charge on any atom is -0.494 e. The second kappa shape index (κ2) is 15.2. The number of carbonyl (C=O) groups is 2. The molecule has 1 N–H and O–H groups in total. The van der Waals surface area contributed by atoms with E-state index in [0.717, 1.165) is 59.7 Å². The Kier molecular flexibility index (Phi) is 11.4. The number of nitrogens with one attached hydrogen (secondary N) is 1. The summed E-state index contributed by atoms with van der Waals surface area (Å²) in [5, 5.41) is 3.14. The lowest BCUT2D eigenvalue weighted by Crippen LogP contribution is -2.54. The SMILES string of the molecule is CCOc1ccc(S(=O)(=O)N(CC(=O)N(Cc2ccc(C)cc2)C(CC)C(=O)NC2CCCCC2)c2ccc(F)cc2)cc1. The van der Waals surface area contributed by atoms with E-state index in [2.05, 4.69) is 5.32 Å². The molecule has 1 atom stereocenters. The van der Waals surface area contributed by atoms with Crippen LogP contribution in [0.3, 0.4) is 0 Å². The quantitative estimate of drug-likeness (QED) is 0.253. The molecule has 10 heteroatoms. The van der Waals surface area contributed by atoms with Gasteiger partial charge in [0.25, 0.3) is 10.0 Å². The first-order chi connectivity index (χ1) is 21.1. The molecule has 1 unspecified atom stereocenters. The molecule has 8 nitrogen and oxygen atoms in total. The normalized spacial score (nSPS) is 14.5. The fraction of sp³-hybridized carbons (Fsp3) is 0.412. The fourth-order valence-electron chi connectivity index (χ4n) is 5.49. The van der Waals surface area contributed by atoms with Gasteiger partial charge in [-0.2, -0.15) is 0 Å². The highest BCUT2D eigenvalue weighted by atomic mass is 32.2. The van der Waals surface area contributed by atoms with Crippen LogP contribution in [0, 0.1) is 12.7 Å². The predicted molar refractivity (Wildman–Crippen MR) is 169 cm³/mol. The summed E-state index contributed by atoms with van der Waals surface area (Å²) in [6.45, 7) is 5.59. The van der Waals surface area contributed by atoms with Crippen LogP contribution in [0.2, 0.25) is 0 Å². The summed E-state index contributed by atoms with van der Waals surface area (Å²) < 4.78 is 48.3. The van der Waals surface area contributed by atoms with Gasteiger partial charge in [-0.15, -0.1) is 0 Å². The van der Waals surface area contributed by atoms with E-state index in [9.17, 15) is 22.4 Å². The molecule has 3 aromatic rings. The first-order valence-electron chi connectivity index (χ1n) is 15.3. The monoisotopic (exact) mass is 623 g/mol. The maximum Gasteiger partial charge on any atom is 0.264 e. The molecule has 3 aromatic carbocycles. The van der Waals surface area contributed by atoms with E-state index < -0.39 is 34.3 Å². The summed E-state index contributed by atoms with van der Waals surface area (Å²) in [5.74, 6) is -0.822. The lowest BCUT2D eigenvalue weighted by atomic mass is 9.95. The zero-order valence-corrected chi connectivity index (χ0v) is 26.5. The number of carbonyl (C=O) groups excluding carboxylic acids is 2. The van der Waals surface area contributed by atoms with E-state index in [-0.39, 0.29) is 29.1 Å². The van der Waals surface area contributed by atoms with Crippen molar-refractivity contribution >= 4 is 27.5 Å². The van der Waals surface area contributed by atoms with Crippen LogP contribution in [-0.4, -0.2) is 50.4 Å². The molecule has 44 heavy (non-hydrogen) atoms. The van der Waals surface area contributed by atoms with Crippen LogP contribution < -0.4 is 14.4 Å². The third-order valence-corrected chi connectivity index (χ3v) is 9.72. The van der Waals surface area contributed by atoms with Crippen molar-refractivity contribution in [2.24, 2.45) is 0 Å². The summed E-state index contributed by atoms with van der Waals surface area (Å²) in [6.07, 6.45) is 5.37. The lowest BCUT2D eigenvalue weighted by Gasteiger charge is -2.34. The highest BCUT2D eigenvalue weighted by Gasteiger charge is 2.34. The number of ether oxygens (including phenoxy) is 1. The zero-order valence-electron chi connectivity index (χ0n) is 25.7. The first-order valence-corrected chi connectivity index (χ1v) is 16.7. The van der Waals surface area contributed by atoms with E-state index in [1.165, 1.54) is 29.2 Å². The van der Waals surface area contributed by atoms with Crippen LogP contribution in [0.25, 0.3) is 0 Å². The standard InChI is InChI=1S/C34H42FN3O5S/c1-4-32(34(40)36-28-9-7-6-8-10-28)37(23-26-13-11-25(3)12-14-26)33(39)24-38(29-17-15-27(35)16-18-29)44(41,42)31-21-19-30(20-22-31)43-5-2/h11-22,28,32H,4-10,23-24H2,1-3H3,(H,36,40). The van der Waals surface area contributed by atoms with Gasteiger partial charge < -0.3 is 15.0 Å². The number of sulfonamides is 1. The minimum absolute atomic E-state index is 0.0507. The fourth-order valence-corrected chi connectivity index (χ4v) is 6.91. The van der Waals surface area contributed by atoms with E-state index >= 15 is 0 Å². The molecule has 0 saturated heterocycles. The molecule has 0 aliphatic heterocycles. The molecule has 1 fully saturated rings. The van der Waals surface area contributed by atoms with Gasteiger partial charge in [0.2, 0.25) is 11.8 Å². The summed E-state index contributed by atoms with van der Waals surface area (Å²) in [4.78, 5) is 29.3. The Morgan fingerprint density at radius 3 is 2.16 bits per heavy atom. The van der Waals surface area contributed by atoms with E-state index in [1.54, 1.807) is 12.1 Å². The molecule has 0 aromatic heterocycles. The Bertz CT molecular complexity index is 1490. The predicted octanol–water partition coefficient (Wildman–Crippen LogP) is 5.98. The maximum absolute atomic E-state index is 14.2. The summed E-state index contributed by atoms with van der Waals surface area (Å²) >= 11 is 0. The third kappa shape index (κ3) is 8.37. The molecule has 236 valence electrons. The Balaban J connectivity index is 1.69. The maximum atomic E-state index is 14.2. The zero-order chi connectivity index (χ0) is 31.7. The molecule has 2 amide bonds. The molecule has 1 aliphatic carbocycles. The number of hydrogen-bond donors (Lipinski definition) is 1. The van der Waals surface area contributed by atoms with Gasteiger partial charge >= 0.3 is 0 Å².